The molecule has 1 atom stereocenters. The number of nitrogens with one attached hydrogen (secondary N) is 2. The third-order valence-corrected chi connectivity index (χ3v) is 6.84. The van der Waals surface area contributed by atoms with Crippen molar-refractivity contribution in [3.8, 4) is 0 Å². The maximum absolute atomic E-state index is 12.4. The van der Waals surface area contributed by atoms with E-state index in [1.54, 1.807) is 24.5 Å². The maximum Gasteiger partial charge on any atom is 0.240 e. The van der Waals surface area contributed by atoms with Crippen molar-refractivity contribution in [2.45, 2.75) is 44.0 Å². The predicted octanol–water partition coefficient (Wildman–Crippen LogP) is 2.52. The average molecular weight is 420 g/mol. The van der Waals surface area contributed by atoms with Gasteiger partial charge in [-0.2, -0.15) is 0 Å². The third-order valence-electron chi connectivity index (χ3n) is 5.38. The number of amides is 1. The van der Waals surface area contributed by atoms with E-state index in [-0.39, 0.29) is 29.8 Å². The molecule has 1 saturated heterocycles. The summed E-state index contributed by atoms with van der Waals surface area (Å²) in [4.78, 5) is 14.8. The standard InChI is InChI=1S/C21H29N3O4S/c1-16-7-8-18(14-17(16)2)29(26,27)23-10-9-21(25)22-15-19(20-6-5-13-28-20)24-11-3-4-12-24/h5-8,13-14,19,23H,3-4,9-12,15H2,1-2H3,(H,22,25). The number of furan rings is 1. The molecule has 0 spiro atoms. The molecule has 158 valence electrons. The number of hydrogen-bond acceptors (Lipinski definition) is 5. The van der Waals surface area contributed by atoms with E-state index in [0.717, 1.165) is 42.8 Å². The van der Waals surface area contributed by atoms with Gasteiger partial charge in [-0.05, 0) is 75.2 Å². The van der Waals surface area contributed by atoms with Gasteiger partial charge in [0.25, 0.3) is 0 Å². The molecule has 1 aliphatic heterocycles. The second kappa shape index (κ2) is 9.56. The van der Waals surface area contributed by atoms with Gasteiger partial charge in [0.15, 0.2) is 0 Å². The van der Waals surface area contributed by atoms with Crippen LogP contribution in [0.25, 0.3) is 0 Å². The first-order valence-electron chi connectivity index (χ1n) is 9.98. The van der Waals surface area contributed by atoms with Crippen LogP contribution in [0.2, 0.25) is 0 Å². The summed E-state index contributed by atoms with van der Waals surface area (Å²) in [5.74, 6) is 0.645. The first-order chi connectivity index (χ1) is 13.9. The van der Waals surface area contributed by atoms with E-state index < -0.39 is 10.0 Å². The number of rotatable bonds is 9. The molecule has 2 aromatic rings. The molecule has 1 aromatic carbocycles. The molecule has 1 aliphatic rings. The molecule has 3 rings (SSSR count). The van der Waals surface area contributed by atoms with Crippen LogP contribution >= 0.6 is 0 Å². The van der Waals surface area contributed by atoms with Crippen molar-refractivity contribution in [3.63, 3.8) is 0 Å². The van der Waals surface area contributed by atoms with E-state index >= 15 is 0 Å². The van der Waals surface area contributed by atoms with E-state index in [9.17, 15) is 13.2 Å². The minimum Gasteiger partial charge on any atom is -0.468 e. The molecule has 29 heavy (non-hydrogen) atoms. The molecule has 1 amide bonds. The highest BCUT2D eigenvalue weighted by molar-refractivity contribution is 7.89. The van der Waals surface area contributed by atoms with Gasteiger partial charge in [0.05, 0.1) is 17.2 Å². The second-order valence-corrected chi connectivity index (χ2v) is 9.24. The number of hydrogen-bond donors (Lipinski definition) is 2. The highest BCUT2D eigenvalue weighted by Gasteiger charge is 2.26. The zero-order valence-electron chi connectivity index (χ0n) is 17.0. The van der Waals surface area contributed by atoms with Crippen LogP contribution in [0.1, 0.15) is 42.2 Å². The molecular weight excluding hydrogens is 390 g/mol. The van der Waals surface area contributed by atoms with Gasteiger partial charge in [-0.3, -0.25) is 9.69 Å². The van der Waals surface area contributed by atoms with E-state index in [2.05, 4.69) is 14.9 Å². The number of carbonyl (C=O) groups is 1. The quantitative estimate of drug-likeness (QED) is 0.652. The first kappa shape index (κ1) is 21.5. The zero-order valence-corrected chi connectivity index (χ0v) is 17.8. The Bertz CT molecular complexity index is 919. The molecule has 1 aromatic heterocycles. The Hall–Kier alpha value is -2.16. The van der Waals surface area contributed by atoms with Crippen LogP contribution in [0, 0.1) is 13.8 Å². The van der Waals surface area contributed by atoms with Gasteiger partial charge in [0.2, 0.25) is 15.9 Å². The van der Waals surface area contributed by atoms with Gasteiger partial charge >= 0.3 is 0 Å². The van der Waals surface area contributed by atoms with Crippen LogP contribution in [0.5, 0.6) is 0 Å². The summed E-state index contributed by atoms with van der Waals surface area (Å²) in [6.07, 6.45) is 4.01. The number of aryl methyl sites for hydroxylation is 2. The monoisotopic (exact) mass is 419 g/mol. The number of sulfonamides is 1. The molecule has 7 nitrogen and oxygen atoms in total. The summed E-state index contributed by atoms with van der Waals surface area (Å²) in [6.45, 7) is 6.26. The molecular formula is C21H29N3O4S. The van der Waals surface area contributed by atoms with Crippen molar-refractivity contribution >= 4 is 15.9 Å². The van der Waals surface area contributed by atoms with Crippen LogP contribution < -0.4 is 10.0 Å². The van der Waals surface area contributed by atoms with E-state index in [4.69, 9.17) is 4.42 Å². The zero-order chi connectivity index (χ0) is 20.9. The van der Waals surface area contributed by atoms with E-state index in [1.807, 2.05) is 26.0 Å². The summed E-state index contributed by atoms with van der Waals surface area (Å²) in [6, 6.07) is 8.78. The fourth-order valence-corrected chi connectivity index (χ4v) is 4.62. The fourth-order valence-electron chi connectivity index (χ4n) is 3.51. The van der Waals surface area contributed by atoms with Crippen LogP contribution in [-0.2, 0) is 14.8 Å². The van der Waals surface area contributed by atoms with Crippen molar-refractivity contribution in [1.29, 1.82) is 0 Å². The number of benzene rings is 1. The summed E-state index contributed by atoms with van der Waals surface area (Å²) in [5.41, 5.74) is 1.95. The fraction of sp³-hybridized carbons (Fsp3) is 0.476. The van der Waals surface area contributed by atoms with Gasteiger partial charge in [-0.1, -0.05) is 6.07 Å². The van der Waals surface area contributed by atoms with Crippen molar-refractivity contribution in [1.82, 2.24) is 14.9 Å². The normalized spacial score (nSPS) is 16.1. The molecule has 1 fully saturated rings. The van der Waals surface area contributed by atoms with Crippen molar-refractivity contribution < 1.29 is 17.6 Å². The molecule has 0 aliphatic carbocycles. The summed E-state index contributed by atoms with van der Waals surface area (Å²) in [5, 5.41) is 2.92. The molecule has 2 heterocycles. The molecule has 1 unspecified atom stereocenters. The van der Waals surface area contributed by atoms with Crippen LogP contribution in [0.3, 0.4) is 0 Å². The van der Waals surface area contributed by atoms with Gasteiger partial charge in [0.1, 0.15) is 5.76 Å². The minimum atomic E-state index is -3.63. The van der Waals surface area contributed by atoms with Crippen molar-refractivity contribution in [3.05, 3.63) is 53.5 Å². The topological polar surface area (TPSA) is 91.6 Å². The largest absolute Gasteiger partial charge is 0.468 e. The lowest BCUT2D eigenvalue weighted by Gasteiger charge is -2.26. The first-order valence-corrected chi connectivity index (χ1v) is 11.5. The number of carbonyl (C=O) groups excluding carboxylic acids is 1. The van der Waals surface area contributed by atoms with Crippen molar-refractivity contribution in [2.24, 2.45) is 0 Å². The Morgan fingerprint density at radius 2 is 1.93 bits per heavy atom. The number of nitrogens with zero attached hydrogens (tertiary/aromatic N) is 1. The maximum atomic E-state index is 12.4. The van der Waals surface area contributed by atoms with Gasteiger partial charge in [0, 0.05) is 19.5 Å². The molecule has 0 radical (unpaired) electrons. The minimum absolute atomic E-state index is 0.00340. The lowest BCUT2D eigenvalue weighted by molar-refractivity contribution is -0.121. The Morgan fingerprint density at radius 1 is 1.17 bits per heavy atom. The smallest absolute Gasteiger partial charge is 0.240 e. The Morgan fingerprint density at radius 3 is 2.59 bits per heavy atom. The number of likely N-dealkylation sites (tertiary alicyclic amines) is 1. The van der Waals surface area contributed by atoms with Crippen LogP contribution in [-0.4, -0.2) is 45.4 Å². The molecule has 0 bridgehead atoms. The Balaban J connectivity index is 1.49. The molecule has 2 N–H and O–H groups in total. The van der Waals surface area contributed by atoms with Gasteiger partial charge < -0.3 is 9.73 Å². The highest BCUT2D eigenvalue weighted by Crippen LogP contribution is 2.24. The van der Waals surface area contributed by atoms with Crippen LogP contribution in [0.15, 0.2) is 45.9 Å². The Labute approximate surface area is 172 Å². The summed E-state index contributed by atoms with van der Waals surface area (Å²) in [7, 11) is -3.63. The van der Waals surface area contributed by atoms with Gasteiger partial charge in [-0.25, -0.2) is 13.1 Å². The average Bonchev–Trinajstić information content (AvgIpc) is 3.38. The predicted molar refractivity (Wildman–Crippen MR) is 111 cm³/mol. The van der Waals surface area contributed by atoms with Crippen LogP contribution in [0.4, 0.5) is 0 Å². The third kappa shape index (κ3) is 5.68. The van der Waals surface area contributed by atoms with Gasteiger partial charge in [-0.15, -0.1) is 0 Å². The highest BCUT2D eigenvalue weighted by atomic mass is 32.2. The summed E-state index contributed by atoms with van der Waals surface area (Å²) < 4.78 is 32.9. The second-order valence-electron chi connectivity index (χ2n) is 7.47. The molecule has 0 saturated carbocycles. The SMILES string of the molecule is Cc1ccc(S(=O)(=O)NCCC(=O)NCC(c2ccco2)N2CCCC2)cc1C. The van der Waals surface area contributed by atoms with Crippen molar-refractivity contribution in [2.75, 3.05) is 26.2 Å². The van der Waals surface area contributed by atoms with E-state index in [1.165, 1.54) is 0 Å². The lowest BCUT2D eigenvalue weighted by atomic mass is 10.1. The van der Waals surface area contributed by atoms with E-state index in [0.29, 0.717) is 6.54 Å². The lowest BCUT2D eigenvalue weighted by Crippen LogP contribution is -2.37. The Kier molecular flexibility index (Phi) is 7.10. The molecule has 8 heteroatoms. The summed E-state index contributed by atoms with van der Waals surface area (Å²) >= 11 is 0.